The summed E-state index contributed by atoms with van der Waals surface area (Å²) in [6.45, 7) is 0.175. The standard InChI is InChI=1S/C18H15NO5S.Na.H/c20-13-19(24-12-14-6-2-1-3-7-14)17-10-4-9-16-15(17)8-5-11-18(16)25(21,22)23;;/h1-11,13H,12H2,(H,21,22,23);;. The van der Waals surface area contributed by atoms with Gasteiger partial charge in [0.15, 0.2) is 0 Å². The van der Waals surface area contributed by atoms with Gasteiger partial charge in [-0.25, -0.2) is 0 Å². The molecule has 0 atom stereocenters. The van der Waals surface area contributed by atoms with Gasteiger partial charge in [0.25, 0.3) is 10.1 Å². The molecule has 6 nitrogen and oxygen atoms in total. The Balaban J connectivity index is 0.00000243. The van der Waals surface area contributed by atoms with Crippen LogP contribution in [-0.2, 0) is 26.4 Å². The monoisotopic (exact) mass is 381 g/mol. The van der Waals surface area contributed by atoms with Gasteiger partial charge in [-0.05, 0) is 17.7 Å². The Labute approximate surface area is 173 Å². The van der Waals surface area contributed by atoms with Crippen molar-refractivity contribution in [1.82, 2.24) is 0 Å². The van der Waals surface area contributed by atoms with E-state index >= 15 is 0 Å². The molecule has 0 radical (unpaired) electrons. The molecule has 1 amide bonds. The number of fused-ring (bicyclic) bond motifs is 1. The van der Waals surface area contributed by atoms with Gasteiger partial charge in [0.1, 0.15) is 11.5 Å². The molecule has 3 rings (SSSR count). The maximum atomic E-state index is 11.5. The van der Waals surface area contributed by atoms with Crippen LogP contribution in [0, 0.1) is 0 Å². The number of benzene rings is 3. The topological polar surface area (TPSA) is 83.9 Å². The van der Waals surface area contributed by atoms with Crippen molar-refractivity contribution in [2.75, 3.05) is 5.06 Å². The van der Waals surface area contributed by atoms with Gasteiger partial charge in [0.2, 0.25) is 6.41 Å². The van der Waals surface area contributed by atoms with Crippen molar-refractivity contribution in [2.45, 2.75) is 11.5 Å². The molecule has 0 aliphatic heterocycles. The predicted molar refractivity (Wildman–Crippen MR) is 101 cm³/mol. The number of carbonyl (C=O) groups excluding carboxylic acids is 1. The summed E-state index contributed by atoms with van der Waals surface area (Å²) in [7, 11) is -4.38. The van der Waals surface area contributed by atoms with Gasteiger partial charge in [-0.1, -0.05) is 54.6 Å². The Morgan fingerprint density at radius 1 is 0.923 bits per heavy atom. The summed E-state index contributed by atoms with van der Waals surface area (Å²) >= 11 is 0. The van der Waals surface area contributed by atoms with Gasteiger partial charge in [0, 0.05) is 10.8 Å². The van der Waals surface area contributed by atoms with Gasteiger partial charge >= 0.3 is 29.6 Å². The van der Waals surface area contributed by atoms with E-state index < -0.39 is 10.1 Å². The molecule has 8 heteroatoms. The number of carbonyl (C=O) groups is 1. The van der Waals surface area contributed by atoms with Crippen LogP contribution in [0.1, 0.15) is 5.56 Å². The number of hydrogen-bond acceptors (Lipinski definition) is 4. The molecule has 0 aliphatic rings. The van der Waals surface area contributed by atoms with Crippen molar-refractivity contribution >= 4 is 62.5 Å². The zero-order valence-electron chi connectivity index (χ0n) is 13.1. The maximum absolute atomic E-state index is 11.5. The number of rotatable bonds is 6. The van der Waals surface area contributed by atoms with Gasteiger partial charge in [-0.3, -0.25) is 14.2 Å². The summed E-state index contributed by atoms with van der Waals surface area (Å²) in [5.74, 6) is 0. The minimum absolute atomic E-state index is 0. The summed E-state index contributed by atoms with van der Waals surface area (Å²) in [5, 5.41) is 1.82. The van der Waals surface area contributed by atoms with Crippen molar-refractivity contribution in [3.05, 3.63) is 72.3 Å². The molecule has 0 aromatic heterocycles. The quantitative estimate of drug-likeness (QED) is 0.307. The molecular formula is C18H16NNaO5S. The molecule has 26 heavy (non-hydrogen) atoms. The van der Waals surface area contributed by atoms with Crippen molar-refractivity contribution in [3.8, 4) is 0 Å². The van der Waals surface area contributed by atoms with E-state index in [0.717, 1.165) is 10.6 Å². The third-order valence-corrected chi connectivity index (χ3v) is 4.60. The number of hydrogen-bond donors (Lipinski definition) is 1. The molecule has 3 aromatic carbocycles. The average Bonchev–Trinajstić information content (AvgIpc) is 2.62. The second-order valence-electron chi connectivity index (χ2n) is 5.29. The predicted octanol–water partition coefficient (Wildman–Crippen LogP) is 2.53. The molecule has 130 valence electrons. The van der Waals surface area contributed by atoms with Gasteiger partial charge in [-0.2, -0.15) is 13.5 Å². The minimum atomic E-state index is -4.38. The Hall–Kier alpha value is -1.74. The zero-order chi connectivity index (χ0) is 17.9. The van der Waals surface area contributed by atoms with Crippen LogP contribution >= 0.6 is 0 Å². The Bertz CT molecular complexity index is 1010. The van der Waals surface area contributed by atoms with E-state index in [1.807, 2.05) is 30.3 Å². The fraction of sp³-hybridized carbons (Fsp3) is 0.0556. The van der Waals surface area contributed by atoms with Gasteiger partial charge in [0.05, 0.1) is 5.69 Å². The molecule has 0 bridgehead atoms. The van der Waals surface area contributed by atoms with Crippen molar-refractivity contribution in [2.24, 2.45) is 0 Å². The van der Waals surface area contributed by atoms with E-state index in [1.54, 1.807) is 24.3 Å². The van der Waals surface area contributed by atoms with E-state index in [0.29, 0.717) is 22.9 Å². The molecule has 0 saturated heterocycles. The van der Waals surface area contributed by atoms with E-state index in [9.17, 15) is 17.8 Å². The second-order valence-corrected chi connectivity index (χ2v) is 6.68. The van der Waals surface area contributed by atoms with E-state index in [4.69, 9.17) is 4.84 Å². The number of hydroxylamine groups is 1. The molecule has 1 N–H and O–H groups in total. The third-order valence-electron chi connectivity index (χ3n) is 3.68. The third kappa shape index (κ3) is 4.50. The summed E-state index contributed by atoms with van der Waals surface area (Å²) in [4.78, 5) is 16.8. The zero-order valence-corrected chi connectivity index (χ0v) is 13.9. The molecule has 0 spiro atoms. The van der Waals surface area contributed by atoms with Crippen LogP contribution in [0.4, 0.5) is 5.69 Å². The summed E-state index contributed by atoms with van der Waals surface area (Å²) in [6.07, 6.45) is 0.512. The van der Waals surface area contributed by atoms with Crippen LogP contribution in [0.15, 0.2) is 71.6 Å². The molecule has 0 unspecified atom stereocenters. The van der Waals surface area contributed by atoms with Crippen molar-refractivity contribution < 1.29 is 22.6 Å². The number of anilines is 1. The van der Waals surface area contributed by atoms with E-state index in [2.05, 4.69) is 0 Å². The fourth-order valence-corrected chi connectivity index (χ4v) is 3.26. The molecular weight excluding hydrogens is 365 g/mol. The summed E-state index contributed by atoms with van der Waals surface area (Å²) in [5.41, 5.74) is 1.27. The van der Waals surface area contributed by atoms with E-state index in [-0.39, 0.29) is 41.1 Å². The number of amides is 1. The van der Waals surface area contributed by atoms with Crippen LogP contribution in [0.3, 0.4) is 0 Å². The van der Waals surface area contributed by atoms with Crippen LogP contribution in [0.5, 0.6) is 0 Å². The SMILES string of the molecule is O=CN(OCc1ccccc1)c1cccc2c(S(=O)(=O)O)cccc12.[NaH]. The van der Waals surface area contributed by atoms with Crippen molar-refractivity contribution in [1.29, 1.82) is 0 Å². The van der Waals surface area contributed by atoms with Crippen LogP contribution < -0.4 is 5.06 Å². The fourth-order valence-electron chi connectivity index (χ4n) is 2.56. The normalized spacial score (nSPS) is 11.0. The summed E-state index contributed by atoms with van der Waals surface area (Å²) < 4.78 is 32.5. The Morgan fingerprint density at radius 2 is 1.58 bits per heavy atom. The summed E-state index contributed by atoms with van der Waals surface area (Å²) in [6, 6.07) is 18.6. The Kier molecular flexibility index (Phi) is 6.94. The molecule has 0 heterocycles. The molecule has 0 saturated carbocycles. The molecule has 0 fully saturated rings. The van der Waals surface area contributed by atoms with Crippen LogP contribution in [0.2, 0.25) is 0 Å². The molecule has 0 aliphatic carbocycles. The van der Waals surface area contributed by atoms with Crippen LogP contribution in [-0.4, -0.2) is 48.9 Å². The first kappa shape index (κ1) is 20.6. The van der Waals surface area contributed by atoms with Gasteiger partial charge in [-0.15, -0.1) is 0 Å². The van der Waals surface area contributed by atoms with Crippen LogP contribution in [0.25, 0.3) is 10.8 Å². The first-order valence-corrected chi connectivity index (χ1v) is 8.85. The van der Waals surface area contributed by atoms with E-state index in [1.165, 1.54) is 12.1 Å². The first-order valence-electron chi connectivity index (χ1n) is 7.41. The molecule has 3 aromatic rings. The average molecular weight is 381 g/mol. The van der Waals surface area contributed by atoms with Crippen molar-refractivity contribution in [3.63, 3.8) is 0 Å². The second kappa shape index (κ2) is 8.77. The van der Waals surface area contributed by atoms with Gasteiger partial charge < -0.3 is 0 Å². The number of nitrogens with zero attached hydrogens (tertiary/aromatic N) is 1. The first-order chi connectivity index (χ1) is 12.0. The Morgan fingerprint density at radius 3 is 2.23 bits per heavy atom.